The summed E-state index contributed by atoms with van der Waals surface area (Å²) in [6.07, 6.45) is 1.95. The van der Waals surface area contributed by atoms with Gasteiger partial charge in [-0.2, -0.15) is 0 Å². The van der Waals surface area contributed by atoms with Gasteiger partial charge in [-0.05, 0) is 85.2 Å². The van der Waals surface area contributed by atoms with E-state index in [-0.39, 0.29) is 10.7 Å². The van der Waals surface area contributed by atoms with E-state index in [2.05, 4.69) is 33.8 Å². The predicted octanol–water partition coefficient (Wildman–Crippen LogP) is 7.23. The summed E-state index contributed by atoms with van der Waals surface area (Å²) in [4.78, 5) is 13.5. The maximum absolute atomic E-state index is 13.5. The van der Waals surface area contributed by atoms with E-state index in [1.165, 1.54) is 5.56 Å². The van der Waals surface area contributed by atoms with Gasteiger partial charge >= 0.3 is 5.63 Å². The molecule has 0 fully saturated rings. The molecule has 0 atom stereocenters. The van der Waals surface area contributed by atoms with Crippen LogP contribution in [0.1, 0.15) is 63.5 Å². The Labute approximate surface area is 233 Å². The fourth-order valence-electron chi connectivity index (χ4n) is 5.10. The molecule has 0 spiro atoms. The lowest BCUT2D eigenvalue weighted by molar-refractivity contribution is 0.0804. The minimum atomic E-state index is -0.922. The molecule has 1 aromatic heterocycles. The number of benzene rings is 3. The van der Waals surface area contributed by atoms with E-state index in [4.69, 9.17) is 18.3 Å². The maximum Gasteiger partial charge on any atom is 0.344 e. The number of rotatable bonds is 7. The molecule has 39 heavy (non-hydrogen) atoms. The Kier molecular flexibility index (Phi) is 7.44. The molecule has 0 bridgehead atoms. The number of hydrogen-bond donors (Lipinski definition) is 0. The summed E-state index contributed by atoms with van der Waals surface area (Å²) in [5.74, 6) is 2.14. The van der Waals surface area contributed by atoms with Crippen molar-refractivity contribution in [2.45, 2.75) is 71.6 Å². The zero-order valence-corrected chi connectivity index (χ0v) is 25.3. The first-order valence-electron chi connectivity index (χ1n) is 13.7. The van der Waals surface area contributed by atoms with Crippen LogP contribution in [0.3, 0.4) is 0 Å². The predicted molar refractivity (Wildman–Crippen MR) is 160 cm³/mol. The minimum absolute atomic E-state index is 0.0959. The third-order valence-electron chi connectivity index (χ3n) is 7.22. The second-order valence-electron chi connectivity index (χ2n) is 12.1. The van der Waals surface area contributed by atoms with Crippen LogP contribution in [-0.2, 0) is 23.1 Å². The Morgan fingerprint density at radius 2 is 1.72 bits per heavy atom. The molecule has 0 amide bonds. The highest BCUT2D eigenvalue weighted by Gasteiger charge is 2.33. The maximum atomic E-state index is 13.5. The van der Waals surface area contributed by atoms with Crippen molar-refractivity contribution in [1.82, 2.24) is 0 Å². The fraction of sp³-hybridized carbons (Fsp3) is 0.364. The molecule has 0 saturated heterocycles. The average molecular weight is 543 g/mol. The molecule has 4 aromatic rings. The van der Waals surface area contributed by atoms with E-state index >= 15 is 0 Å². The third-order valence-corrected chi connectivity index (χ3v) is 8.95. The largest absolute Gasteiger partial charge is 0.493 e. The van der Waals surface area contributed by atoms with E-state index < -0.39 is 15.4 Å². The van der Waals surface area contributed by atoms with E-state index in [1.807, 2.05) is 62.4 Å². The summed E-state index contributed by atoms with van der Waals surface area (Å²) in [5.41, 5.74) is 4.21. The summed E-state index contributed by atoms with van der Waals surface area (Å²) >= 11 is 0. The van der Waals surface area contributed by atoms with Crippen LogP contribution in [0.5, 0.6) is 11.5 Å². The van der Waals surface area contributed by atoms with Gasteiger partial charge in [0, 0.05) is 10.9 Å². The topological polar surface area (TPSA) is 57.9 Å². The van der Waals surface area contributed by atoms with Crippen molar-refractivity contribution in [3.05, 3.63) is 93.5 Å². The lowest BCUT2D eigenvalue weighted by Crippen LogP contribution is -2.29. The lowest BCUT2D eigenvalue weighted by Gasteiger charge is -2.31. The van der Waals surface area contributed by atoms with Gasteiger partial charge in [0.25, 0.3) is 0 Å². The second kappa shape index (κ2) is 10.7. The first kappa shape index (κ1) is 27.2. The molecule has 0 saturated carbocycles. The SMILES string of the molecule is Cc1c(-c2c(C(C)(C)O[SiH2]C(C)(C)C)oc(=O)c3cc(OCc4ccccc4)ccc23)ccc2c1CCCO2. The summed E-state index contributed by atoms with van der Waals surface area (Å²) in [5, 5.41) is 1.43. The quantitative estimate of drug-likeness (QED) is 0.231. The van der Waals surface area contributed by atoms with Gasteiger partial charge in [-0.3, -0.25) is 0 Å². The Morgan fingerprint density at radius 1 is 0.949 bits per heavy atom. The third kappa shape index (κ3) is 5.82. The van der Waals surface area contributed by atoms with Gasteiger partial charge in [0.2, 0.25) is 0 Å². The molecule has 204 valence electrons. The highest BCUT2D eigenvalue weighted by molar-refractivity contribution is 6.31. The molecule has 1 aliphatic rings. The lowest BCUT2D eigenvalue weighted by atomic mass is 9.87. The van der Waals surface area contributed by atoms with Gasteiger partial charge in [-0.1, -0.05) is 57.2 Å². The molecule has 5 rings (SSSR count). The van der Waals surface area contributed by atoms with Crippen LogP contribution in [0.25, 0.3) is 21.9 Å². The van der Waals surface area contributed by atoms with Crippen LogP contribution in [0.15, 0.2) is 69.9 Å². The number of fused-ring (bicyclic) bond motifs is 2. The van der Waals surface area contributed by atoms with Gasteiger partial charge in [0.1, 0.15) is 29.5 Å². The fourth-order valence-corrected chi connectivity index (χ4v) is 6.02. The second-order valence-corrected chi connectivity index (χ2v) is 14.8. The normalized spacial score (nSPS) is 14.0. The molecule has 0 unspecified atom stereocenters. The van der Waals surface area contributed by atoms with Gasteiger partial charge in [-0.25, -0.2) is 4.79 Å². The van der Waals surface area contributed by atoms with Crippen LogP contribution >= 0.6 is 0 Å². The standard InChI is InChI=1S/C33H38O5Si/c1-21-24-13-10-18-35-28(24)17-16-25(21)29-26-15-14-23(36-20-22-11-8-7-9-12-22)19-27(26)31(34)37-30(29)33(5,6)38-39-32(2,3)4/h7-9,11-12,14-17,19H,10,13,18,20,39H2,1-6H3. The monoisotopic (exact) mass is 542 g/mol. The highest BCUT2D eigenvalue weighted by atomic mass is 28.2. The first-order valence-corrected chi connectivity index (χ1v) is 15.0. The van der Waals surface area contributed by atoms with Crippen molar-refractivity contribution in [3.63, 3.8) is 0 Å². The molecule has 0 radical (unpaired) electrons. The molecule has 0 aliphatic carbocycles. The van der Waals surface area contributed by atoms with Gasteiger partial charge in [0.15, 0.2) is 9.76 Å². The molecule has 5 nitrogen and oxygen atoms in total. The molecule has 2 heterocycles. The zero-order chi connectivity index (χ0) is 27.8. The Bertz CT molecular complexity index is 1550. The first-order chi connectivity index (χ1) is 18.5. The summed E-state index contributed by atoms with van der Waals surface area (Å²) < 4.78 is 24.7. The molecule has 1 aliphatic heterocycles. The average Bonchev–Trinajstić information content (AvgIpc) is 2.92. The van der Waals surface area contributed by atoms with Crippen molar-refractivity contribution >= 4 is 20.5 Å². The summed E-state index contributed by atoms with van der Waals surface area (Å²) in [6, 6.07) is 19.8. The molecule has 3 aromatic carbocycles. The van der Waals surface area contributed by atoms with Gasteiger partial charge in [-0.15, -0.1) is 0 Å². The van der Waals surface area contributed by atoms with E-state index in [0.29, 0.717) is 23.5 Å². The summed E-state index contributed by atoms with van der Waals surface area (Å²) in [6.45, 7) is 13.9. The molecule has 0 N–H and O–H groups in total. The van der Waals surface area contributed by atoms with Crippen molar-refractivity contribution in [1.29, 1.82) is 0 Å². The van der Waals surface area contributed by atoms with Crippen LogP contribution in [0, 0.1) is 6.92 Å². The van der Waals surface area contributed by atoms with Crippen molar-refractivity contribution < 1.29 is 18.3 Å². The Morgan fingerprint density at radius 3 is 2.46 bits per heavy atom. The van der Waals surface area contributed by atoms with Crippen molar-refractivity contribution in [3.8, 4) is 22.6 Å². The van der Waals surface area contributed by atoms with Crippen LogP contribution in [-0.4, -0.2) is 16.4 Å². The van der Waals surface area contributed by atoms with Crippen LogP contribution < -0.4 is 15.1 Å². The van der Waals surface area contributed by atoms with Crippen molar-refractivity contribution in [2.24, 2.45) is 0 Å². The number of ether oxygens (including phenoxy) is 2. The highest BCUT2D eigenvalue weighted by Crippen LogP contribution is 2.43. The smallest absolute Gasteiger partial charge is 0.344 e. The molecular formula is C33H38O5Si. The van der Waals surface area contributed by atoms with E-state index in [1.54, 1.807) is 6.07 Å². The van der Waals surface area contributed by atoms with E-state index in [0.717, 1.165) is 52.8 Å². The Balaban J connectivity index is 1.66. The zero-order valence-electron chi connectivity index (χ0n) is 23.9. The Hall–Kier alpha value is -3.35. The van der Waals surface area contributed by atoms with E-state index in [9.17, 15) is 4.79 Å². The molecular weight excluding hydrogens is 504 g/mol. The van der Waals surface area contributed by atoms with Gasteiger partial charge < -0.3 is 18.3 Å². The van der Waals surface area contributed by atoms with Crippen LogP contribution in [0.2, 0.25) is 5.04 Å². The van der Waals surface area contributed by atoms with Gasteiger partial charge in [0.05, 0.1) is 12.0 Å². The summed E-state index contributed by atoms with van der Waals surface area (Å²) in [7, 11) is -0.922. The van der Waals surface area contributed by atoms with Crippen LogP contribution in [0.4, 0.5) is 0 Å². The minimum Gasteiger partial charge on any atom is -0.493 e. The van der Waals surface area contributed by atoms with Crippen molar-refractivity contribution in [2.75, 3.05) is 6.61 Å². The molecule has 6 heteroatoms. The number of hydrogen-bond acceptors (Lipinski definition) is 5.